The molecule has 110 heavy (non-hydrogen) atoms. The minimum Gasteiger partial charge on any atom is -0.464 e. The van der Waals surface area contributed by atoms with Crippen LogP contribution in [0.2, 0.25) is 0 Å². The fourth-order valence-corrected chi connectivity index (χ4v) is 14.4. The number of halogens is 2. The van der Waals surface area contributed by atoms with Crippen molar-refractivity contribution in [3.05, 3.63) is 108 Å². The van der Waals surface area contributed by atoms with E-state index < -0.39 is 165 Å². The van der Waals surface area contributed by atoms with Gasteiger partial charge < -0.3 is 58.3 Å². The molecule has 30 heteroatoms. The molecule has 9 rings (SSSR count). The van der Waals surface area contributed by atoms with Crippen molar-refractivity contribution >= 4 is 72.1 Å². The number of rotatable bonds is 18. The van der Waals surface area contributed by atoms with Gasteiger partial charge in [-0.15, -0.1) is 13.2 Å². The number of ether oxygens (including phenoxy) is 8. The number of nitrogens with one attached hydrogen (secondary N) is 2. The van der Waals surface area contributed by atoms with Crippen LogP contribution in [-0.2, 0) is 92.8 Å². The Labute approximate surface area is 642 Å². The number of fused-ring (bicyclic) bond motifs is 4. The summed E-state index contributed by atoms with van der Waals surface area (Å²) in [6, 6.07) is 3.98. The molecule has 7 aliphatic rings. The van der Waals surface area contributed by atoms with E-state index in [1.807, 2.05) is 12.2 Å². The van der Waals surface area contributed by atoms with E-state index in [1.54, 1.807) is 127 Å². The summed E-state index contributed by atoms with van der Waals surface area (Å²) < 4.78 is 74.0. The molecule has 5 aliphatic heterocycles. The highest BCUT2D eigenvalue weighted by Crippen LogP contribution is 2.53. The summed E-state index contributed by atoms with van der Waals surface area (Å²) in [5.41, 5.74) is -5.44. The zero-order valence-electron chi connectivity index (χ0n) is 66.0. The van der Waals surface area contributed by atoms with Crippen molar-refractivity contribution in [1.29, 1.82) is 0 Å². The van der Waals surface area contributed by atoms with Gasteiger partial charge in [0.1, 0.15) is 70.4 Å². The molecule has 0 spiro atoms. The highest BCUT2D eigenvalue weighted by atomic mass is 19.1. The third-order valence-corrected chi connectivity index (χ3v) is 19.6. The monoisotopic (exact) mass is 1540 g/mol. The molecule has 0 aromatic heterocycles. The maximum atomic E-state index is 15.0. The second kappa shape index (κ2) is 35.6. The molecule has 10 amide bonds. The summed E-state index contributed by atoms with van der Waals surface area (Å²) in [7, 11) is 0. The number of imide groups is 2. The molecule has 0 radical (unpaired) electrons. The van der Waals surface area contributed by atoms with Crippen LogP contribution in [0, 0.1) is 23.5 Å². The Kier molecular flexibility index (Phi) is 27.8. The van der Waals surface area contributed by atoms with Crippen LogP contribution in [-0.4, -0.2) is 198 Å². The number of benzene rings is 2. The van der Waals surface area contributed by atoms with Crippen LogP contribution in [0.15, 0.2) is 73.9 Å². The highest BCUT2D eigenvalue weighted by Gasteiger charge is 2.71. The molecular weight excluding hydrogens is 1430 g/mol. The quantitative estimate of drug-likeness (QED) is 0.0606. The number of carbonyl (C=O) groups excluding carboxylic acids is 12. The first-order valence-electron chi connectivity index (χ1n) is 38.0. The van der Waals surface area contributed by atoms with Gasteiger partial charge in [-0.1, -0.05) is 74.3 Å². The van der Waals surface area contributed by atoms with Crippen LogP contribution in [0.5, 0.6) is 0 Å². The first-order valence-corrected chi connectivity index (χ1v) is 38.0. The maximum Gasteiger partial charge on any atom is 0.418 e. The number of hydrogen-bond donors (Lipinski definition) is 2. The summed E-state index contributed by atoms with van der Waals surface area (Å²) in [5.74, 6) is -6.98. The summed E-state index contributed by atoms with van der Waals surface area (Å²) >= 11 is 0. The van der Waals surface area contributed by atoms with Crippen molar-refractivity contribution in [2.24, 2.45) is 11.8 Å². The number of carbonyl (C=O) groups is 12. The van der Waals surface area contributed by atoms with E-state index in [0.29, 0.717) is 54.4 Å². The lowest BCUT2D eigenvalue weighted by Gasteiger charge is -2.35. The molecule has 2 aromatic rings. The van der Waals surface area contributed by atoms with E-state index in [0.717, 1.165) is 29.1 Å². The van der Waals surface area contributed by atoms with Gasteiger partial charge >= 0.3 is 48.5 Å². The van der Waals surface area contributed by atoms with Crippen molar-refractivity contribution in [1.82, 2.24) is 40.0 Å². The van der Waals surface area contributed by atoms with E-state index in [-0.39, 0.29) is 91.0 Å². The molecule has 5 heterocycles. The second-order valence-electron chi connectivity index (χ2n) is 32.8. The molecular formula is C80H110F2N8O20. The molecule has 0 bridgehead atoms. The fraction of sp³-hybridized carbons (Fsp3) is 0.625. The first-order chi connectivity index (χ1) is 51.6. The molecule has 10 atom stereocenters. The smallest absolute Gasteiger partial charge is 0.418 e. The predicted molar refractivity (Wildman–Crippen MR) is 395 cm³/mol. The van der Waals surface area contributed by atoms with Crippen molar-refractivity contribution < 1.29 is 104 Å². The van der Waals surface area contributed by atoms with Crippen molar-refractivity contribution in [3.8, 4) is 0 Å². The lowest BCUT2D eigenvalue weighted by atomic mass is 10.0. The highest BCUT2D eigenvalue weighted by molar-refractivity contribution is 6.06. The number of alkyl carbamates (subject to hydrolysis) is 2. The molecule has 4 fully saturated rings. The first kappa shape index (κ1) is 86.0. The van der Waals surface area contributed by atoms with Gasteiger partial charge in [0.05, 0.1) is 39.4 Å². The van der Waals surface area contributed by atoms with Crippen LogP contribution in [0.1, 0.15) is 209 Å². The van der Waals surface area contributed by atoms with Gasteiger partial charge in [-0.05, 0) is 172 Å². The topological polar surface area (TPSA) is 322 Å². The largest absolute Gasteiger partial charge is 0.464 e. The molecule has 2 aromatic carbocycles. The number of esters is 2. The molecule has 0 unspecified atom stereocenters. The normalized spacial score (nSPS) is 24.3. The summed E-state index contributed by atoms with van der Waals surface area (Å²) in [4.78, 5) is 174. The van der Waals surface area contributed by atoms with Gasteiger partial charge in [0.25, 0.3) is 11.8 Å². The predicted octanol–water partition coefficient (Wildman–Crippen LogP) is 12.3. The Morgan fingerprint density at radius 2 is 1.21 bits per heavy atom. The third-order valence-electron chi connectivity index (χ3n) is 19.6. The van der Waals surface area contributed by atoms with E-state index >= 15 is 0 Å². The van der Waals surface area contributed by atoms with Gasteiger partial charge in [0, 0.05) is 48.9 Å². The minimum atomic E-state index is -1.80. The van der Waals surface area contributed by atoms with E-state index in [2.05, 4.69) is 23.8 Å². The average Bonchev–Trinajstić information content (AvgIpc) is 1.54. The van der Waals surface area contributed by atoms with Crippen LogP contribution in [0.3, 0.4) is 0 Å². The van der Waals surface area contributed by atoms with Crippen LogP contribution >= 0.6 is 0 Å². The summed E-state index contributed by atoms with van der Waals surface area (Å²) in [6.07, 6.45) is 4.82. The molecule has 2 saturated carbocycles. The van der Waals surface area contributed by atoms with Crippen LogP contribution < -0.4 is 10.6 Å². The van der Waals surface area contributed by atoms with Gasteiger partial charge in [-0.2, -0.15) is 0 Å². The Morgan fingerprint density at radius 3 is 1.75 bits per heavy atom. The Balaban J connectivity index is 0.000000277. The van der Waals surface area contributed by atoms with E-state index in [4.69, 9.17) is 37.9 Å². The molecule has 2 saturated heterocycles. The van der Waals surface area contributed by atoms with Gasteiger partial charge in [-0.3, -0.25) is 29.0 Å². The van der Waals surface area contributed by atoms with Crippen LogP contribution in [0.4, 0.5) is 37.5 Å². The van der Waals surface area contributed by atoms with E-state index in [1.165, 1.54) is 37.8 Å². The maximum absolute atomic E-state index is 15.0. The zero-order valence-corrected chi connectivity index (χ0v) is 66.0. The molecule has 2 N–H and O–H groups in total. The molecule has 2 aliphatic carbocycles. The van der Waals surface area contributed by atoms with Crippen molar-refractivity contribution in [2.75, 3.05) is 26.3 Å². The van der Waals surface area contributed by atoms with Crippen molar-refractivity contribution in [2.45, 2.75) is 283 Å². The zero-order chi connectivity index (χ0) is 81.2. The third kappa shape index (κ3) is 21.3. The Bertz CT molecular complexity index is 3840. The fourth-order valence-electron chi connectivity index (χ4n) is 14.4. The van der Waals surface area contributed by atoms with Crippen molar-refractivity contribution in [3.63, 3.8) is 0 Å². The number of nitrogens with zero attached hydrogens (tertiary/aromatic N) is 6. The number of unbranched alkanes of at least 4 members (excludes halogenated alkanes) is 3. The minimum absolute atomic E-state index is 0.0122. The number of hydrogen-bond acceptors (Lipinski definition) is 20. The Morgan fingerprint density at radius 1 is 0.645 bits per heavy atom. The van der Waals surface area contributed by atoms with Gasteiger partial charge in [0.2, 0.25) is 11.8 Å². The summed E-state index contributed by atoms with van der Waals surface area (Å²) in [6.45, 7) is 30.1. The van der Waals surface area contributed by atoms with Crippen LogP contribution in [0.25, 0.3) is 0 Å². The number of allylic oxidation sites excluding steroid dienone is 2. The lowest BCUT2D eigenvalue weighted by Crippen LogP contribution is -2.60. The molecule has 604 valence electrons. The van der Waals surface area contributed by atoms with Gasteiger partial charge in [0.15, 0.2) is 11.1 Å². The van der Waals surface area contributed by atoms with Gasteiger partial charge in [-0.25, -0.2) is 56.9 Å². The second-order valence-corrected chi connectivity index (χ2v) is 32.8. The SMILES string of the molecule is C=CCCCCC[C@H](NC(=O)OC(C)(C)C)C(=O)N1C[C@H](OC(=O)N2Cc3cccc(F)c3C2)C[C@H]1C(=O)N(C(=O)OC(C)(C)C)[C@]1(C(=O)OCC)C[C@H]1C=C.CCOC(=O)[C@@]12C[C@H]1/C=C\CCCCC[C@H](NC(=O)OC(C)(C)C)C(=O)N1C[C@H](OC(=O)N3Cc4cccc(F)c4C3)C[C@H]1C(=O)N2C(=O)OC(C)(C)C. The number of amides is 10. The molecule has 28 nitrogen and oxygen atoms in total. The number of likely N-dealkylation sites (tertiary alicyclic amines) is 1. The van der Waals surface area contributed by atoms with E-state index in [9.17, 15) is 66.3 Å². The summed E-state index contributed by atoms with van der Waals surface area (Å²) in [5, 5.41) is 5.34. The standard InChI is InChI=1S/C41H57FN4O10.C39H53FN4O10/c1-10-13-14-15-16-20-31(43-36(50)55-39(4,5)6)33(47)45-24-28(54-37(51)44-23-26-18-17-19-30(42)29(26)25-44)21-32(45)34(48)46(38(52)56-40(7,8)9)41(22-27(41)11-2)35(49)53-12-3;1-8-51-33(47)39-20-25(39)16-12-10-9-11-13-18-29(41-34(48)53-37(2,3)4)31(45)43-22-26(19-30(43)32(46)44(39)36(50)54-38(5,6)7)52-35(49)42-21-24-15-14-17-28(40)27(24)23-42/h10-11,17-19,27-28,31-32H,1-2,12-16,20-25H2,3-9H3,(H,43,50);12,14-17,25-26,29-30H,8-11,13,18-23H2,1-7H3,(H,41,48)/b;16-12-/t27-,28-,31+,32+,41-;25-,26-,29+,30+,39-/m11/s1. The average molecular weight is 1540 g/mol. The lowest BCUT2D eigenvalue weighted by molar-refractivity contribution is -0.159. The Hall–Kier alpha value is -9.64.